The number of nitro benzene ring substituents is 1. The molecule has 0 aliphatic rings. The lowest BCUT2D eigenvalue weighted by atomic mass is 10.3. The standard InChI is InChI=1S/C11H14N2O5/c1-12(6-7-14)11(15)8-18-10-4-2-9(3-5-10)13(16)17/h2-5,14H,6-8H2,1H3. The molecule has 0 radical (unpaired) electrons. The van der Waals surface area contributed by atoms with Crippen molar-refractivity contribution in [2.75, 3.05) is 26.8 Å². The van der Waals surface area contributed by atoms with E-state index in [4.69, 9.17) is 9.84 Å². The molecule has 0 aliphatic carbocycles. The molecule has 1 rings (SSSR count). The fourth-order valence-corrected chi connectivity index (χ4v) is 1.19. The van der Waals surface area contributed by atoms with E-state index in [2.05, 4.69) is 0 Å². The summed E-state index contributed by atoms with van der Waals surface area (Å²) >= 11 is 0. The normalized spacial score (nSPS) is 9.89. The molecule has 1 amide bonds. The second kappa shape index (κ2) is 6.55. The number of rotatable bonds is 6. The van der Waals surface area contributed by atoms with Gasteiger partial charge < -0.3 is 14.7 Å². The Hall–Kier alpha value is -2.15. The molecule has 0 saturated carbocycles. The van der Waals surface area contributed by atoms with Crippen LogP contribution in [0.5, 0.6) is 5.75 Å². The first kappa shape index (κ1) is 13.9. The molecule has 1 aromatic rings. The molecule has 0 fully saturated rings. The van der Waals surface area contributed by atoms with Crippen molar-refractivity contribution >= 4 is 11.6 Å². The molecule has 18 heavy (non-hydrogen) atoms. The van der Waals surface area contributed by atoms with Crippen LogP contribution < -0.4 is 4.74 Å². The van der Waals surface area contributed by atoms with Crippen molar-refractivity contribution in [2.45, 2.75) is 0 Å². The van der Waals surface area contributed by atoms with Crippen LogP contribution in [0.1, 0.15) is 0 Å². The predicted molar refractivity (Wildman–Crippen MR) is 63.3 cm³/mol. The van der Waals surface area contributed by atoms with Gasteiger partial charge in [-0.15, -0.1) is 0 Å². The molecule has 1 aromatic carbocycles. The summed E-state index contributed by atoms with van der Waals surface area (Å²) in [5.74, 6) is 0.105. The van der Waals surface area contributed by atoms with Gasteiger partial charge in [0.15, 0.2) is 6.61 Å². The summed E-state index contributed by atoms with van der Waals surface area (Å²) in [4.78, 5) is 22.7. The number of carbonyl (C=O) groups excluding carboxylic acids is 1. The van der Waals surface area contributed by atoms with E-state index in [1.807, 2.05) is 0 Å². The SMILES string of the molecule is CN(CCO)C(=O)COc1ccc([N+](=O)[O-])cc1. The van der Waals surface area contributed by atoms with Gasteiger partial charge in [-0.3, -0.25) is 14.9 Å². The van der Waals surface area contributed by atoms with Crippen molar-refractivity contribution in [3.63, 3.8) is 0 Å². The summed E-state index contributed by atoms with van der Waals surface area (Å²) in [5, 5.41) is 19.1. The number of hydrogen-bond acceptors (Lipinski definition) is 5. The Morgan fingerprint density at radius 2 is 2.06 bits per heavy atom. The first-order valence-electron chi connectivity index (χ1n) is 5.26. The first-order valence-corrected chi connectivity index (χ1v) is 5.26. The smallest absolute Gasteiger partial charge is 0.269 e. The van der Waals surface area contributed by atoms with E-state index in [-0.39, 0.29) is 31.4 Å². The number of ether oxygens (including phenoxy) is 1. The van der Waals surface area contributed by atoms with Crippen molar-refractivity contribution in [3.8, 4) is 5.75 Å². The number of aliphatic hydroxyl groups is 1. The van der Waals surface area contributed by atoms with Crippen molar-refractivity contribution in [2.24, 2.45) is 0 Å². The minimum absolute atomic E-state index is 0.0360. The Morgan fingerprint density at radius 1 is 1.44 bits per heavy atom. The largest absolute Gasteiger partial charge is 0.484 e. The zero-order valence-corrected chi connectivity index (χ0v) is 9.91. The number of likely N-dealkylation sites (N-methyl/N-ethyl adjacent to an activating group) is 1. The van der Waals surface area contributed by atoms with Crippen molar-refractivity contribution in [3.05, 3.63) is 34.4 Å². The second-order valence-electron chi connectivity index (χ2n) is 3.58. The average Bonchev–Trinajstić information content (AvgIpc) is 2.36. The van der Waals surface area contributed by atoms with E-state index in [0.29, 0.717) is 5.75 Å². The van der Waals surface area contributed by atoms with E-state index in [1.165, 1.54) is 29.2 Å². The lowest BCUT2D eigenvalue weighted by Gasteiger charge is -2.15. The summed E-state index contributed by atoms with van der Waals surface area (Å²) in [5.41, 5.74) is -0.0360. The fraction of sp³-hybridized carbons (Fsp3) is 0.364. The van der Waals surface area contributed by atoms with E-state index in [0.717, 1.165) is 0 Å². The van der Waals surface area contributed by atoms with Crippen molar-refractivity contribution < 1.29 is 19.6 Å². The van der Waals surface area contributed by atoms with Crippen LogP contribution in [0.3, 0.4) is 0 Å². The topological polar surface area (TPSA) is 92.9 Å². The Bertz CT molecular complexity index is 418. The van der Waals surface area contributed by atoms with Crippen LogP contribution in [0.2, 0.25) is 0 Å². The number of non-ortho nitro benzene ring substituents is 1. The zero-order valence-electron chi connectivity index (χ0n) is 9.91. The average molecular weight is 254 g/mol. The maximum atomic E-state index is 11.5. The van der Waals surface area contributed by atoms with Crippen molar-refractivity contribution in [1.82, 2.24) is 4.90 Å². The van der Waals surface area contributed by atoms with Gasteiger partial charge in [-0.05, 0) is 12.1 Å². The van der Waals surface area contributed by atoms with Gasteiger partial charge in [0.05, 0.1) is 11.5 Å². The van der Waals surface area contributed by atoms with Crippen LogP contribution in [0.25, 0.3) is 0 Å². The lowest BCUT2D eigenvalue weighted by molar-refractivity contribution is -0.384. The van der Waals surface area contributed by atoms with Gasteiger partial charge >= 0.3 is 0 Å². The number of benzene rings is 1. The Labute approximate surface area is 104 Å². The summed E-state index contributed by atoms with van der Waals surface area (Å²) in [6, 6.07) is 5.46. The van der Waals surface area contributed by atoms with E-state index >= 15 is 0 Å². The van der Waals surface area contributed by atoms with Gasteiger partial charge in [-0.1, -0.05) is 0 Å². The number of carbonyl (C=O) groups is 1. The highest BCUT2D eigenvalue weighted by atomic mass is 16.6. The van der Waals surface area contributed by atoms with E-state index < -0.39 is 4.92 Å². The highest BCUT2D eigenvalue weighted by Crippen LogP contribution is 2.17. The van der Waals surface area contributed by atoms with Gasteiger partial charge in [0.1, 0.15) is 5.75 Å². The Kier molecular flexibility index (Phi) is 5.06. The fourth-order valence-electron chi connectivity index (χ4n) is 1.19. The molecule has 0 bridgehead atoms. The monoisotopic (exact) mass is 254 g/mol. The molecule has 98 valence electrons. The molecule has 1 N–H and O–H groups in total. The lowest BCUT2D eigenvalue weighted by Crippen LogP contribution is -2.33. The number of hydrogen-bond donors (Lipinski definition) is 1. The molecule has 0 atom stereocenters. The molecular weight excluding hydrogens is 240 g/mol. The maximum absolute atomic E-state index is 11.5. The van der Waals surface area contributed by atoms with Crippen molar-refractivity contribution in [1.29, 1.82) is 0 Å². The predicted octanol–water partition coefficient (Wildman–Crippen LogP) is 0.424. The third-order valence-corrected chi connectivity index (χ3v) is 2.27. The van der Waals surface area contributed by atoms with Gasteiger partial charge in [0, 0.05) is 25.7 Å². The maximum Gasteiger partial charge on any atom is 0.269 e. The highest BCUT2D eigenvalue weighted by Gasteiger charge is 2.09. The minimum atomic E-state index is -0.510. The van der Waals surface area contributed by atoms with Crippen LogP contribution in [0.15, 0.2) is 24.3 Å². The molecule has 0 heterocycles. The molecule has 0 aliphatic heterocycles. The number of nitrogens with zero attached hydrogens (tertiary/aromatic N) is 2. The minimum Gasteiger partial charge on any atom is -0.484 e. The summed E-state index contributed by atoms with van der Waals surface area (Å²) < 4.78 is 5.17. The number of amides is 1. The van der Waals surface area contributed by atoms with Gasteiger partial charge in [0.25, 0.3) is 11.6 Å². The first-order chi connectivity index (χ1) is 8.54. The molecule has 0 saturated heterocycles. The van der Waals surface area contributed by atoms with Crippen LogP contribution in [0, 0.1) is 10.1 Å². The number of aliphatic hydroxyl groups excluding tert-OH is 1. The molecule has 7 nitrogen and oxygen atoms in total. The third kappa shape index (κ3) is 4.02. The van der Waals surface area contributed by atoms with Gasteiger partial charge in [-0.25, -0.2) is 0 Å². The highest BCUT2D eigenvalue weighted by molar-refractivity contribution is 5.77. The molecular formula is C11H14N2O5. The summed E-state index contributed by atoms with van der Waals surface area (Å²) in [6.45, 7) is -0.0451. The van der Waals surface area contributed by atoms with Crippen LogP contribution in [-0.4, -0.2) is 47.6 Å². The number of nitro groups is 1. The van der Waals surface area contributed by atoms with E-state index in [1.54, 1.807) is 7.05 Å². The Morgan fingerprint density at radius 3 is 2.56 bits per heavy atom. The zero-order chi connectivity index (χ0) is 13.5. The summed E-state index contributed by atoms with van der Waals surface area (Å²) in [7, 11) is 1.55. The summed E-state index contributed by atoms with van der Waals surface area (Å²) in [6.07, 6.45) is 0. The van der Waals surface area contributed by atoms with Crippen LogP contribution in [-0.2, 0) is 4.79 Å². The molecule has 0 spiro atoms. The van der Waals surface area contributed by atoms with Crippen LogP contribution >= 0.6 is 0 Å². The molecule has 0 unspecified atom stereocenters. The molecule has 0 aromatic heterocycles. The second-order valence-corrected chi connectivity index (χ2v) is 3.58. The van der Waals surface area contributed by atoms with Gasteiger partial charge in [-0.2, -0.15) is 0 Å². The molecule has 7 heteroatoms. The van der Waals surface area contributed by atoms with Crippen LogP contribution in [0.4, 0.5) is 5.69 Å². The quantitative estimate of drug-likeness (QED) is 0.586. The van der Waals surface area contributed by atoms with Gasteiger partial charge in [0.2, 0.25) is 0 Å². The third-order valence-electron chi connectivity index (χ3n) is 2.27. The Balaban J connectivity index is 2.48. The van der Waals surface area contributed by atoms with E-state index in [9.17, 15) is 14.9 Å².